The molecule has 0 unspecified atom stereocenters. The van der Waals surface area contributed by atoms with Crippen molar-refractivity contribution in [3.63, 3.8) is 0 Å². The molecule has 5 nitrogen and oxygen atoms in total. The van der Waals surface area contributed by atoms with Crippen LogP contribution < -0.4 is 14.8 Å². The van der Waals surface area contributed by atoms with E-state index in [-0.39, 0.29) is 12.5 Å². The van der Waals surface area contributed by atoms with Gasteiger partial charge < -0.3 is 14.8 Å². The molecule has 0 bridgehead atoms. The number of hydrogen-bond donors (Lipinski definition) is 1. The van der Waals surface area contributed by atoms with Crippen molar-refractivity contribution in [1.29, 1.82) is 0 Å². The van der Waals surface area contributed by atoms with E-state index in [1.165, 1.54) is 0 Å². The maximum absolute atomic E-state index is 12.0. The third kappa shape index (κ3) is 4.37. The average Bonchev–Trinajstić information content (AvgIpc) is 3.28. The highest BCUT2D eigenvalue weighted by atomic mass is 32.1. The fourth-order valence-corrected chi connectivity index (χ4v) is 4.01. The van der Waals surface area contributed by atoms with Gasteiger partial charge in [0, 0.05) is 4.88 Å². The topological polar surface area (TPSA) is 60.5 Å². The molecular weight excluding hydrogens is 356 g/mol. The number of para-hydroxylation sites is 2. The second kappa shape index (κ2) is 8.13. The molecule has 7 heteroatoms. The first-order valence-corrected chi connectivity index (χ1v) is 9.39. The van der Waals surface area contributed by atoms with Crippen LogP contribution in [-0.2, 0) is 11.3 Å². The van der Waals surface area contributed by atoms with Gasteiger partial charge in [0.05, 0.1) is 24.2 Å². The summed E-state index contributed by atoms with van der Waals surface area (Å²) in [5.74, 6) is 0.972. The Balaban J connectivity index is 1.54. The standard InChI is InChI=1S/C18H18N2O3S2/c1-12-16(25-18(20-12)15-8-5-9-24-15)10-19-17(21)11-23-14-7-4-3-6-13(14)22-2/h3-9H,10-11H2,1-2H3,(H,19,21). The number of rotatable bonds is 7. The van der Waals surface area contributed by atoms with E-state index in [0.29, 0.717) is 18.0 Å². The number of aromatic nitrogens is 1. The van der Waals surface area contributed by atoms with Crippen LogP contribution in [0.5, 0.6) is 11.5 Å². The monoisotopic (exact) mass is 374 g/mol. The smallest absolute Gasteiger partial charge is 0.258 e. The van der Waals surface area contributed by atoms with Crippen molar-refractivity contribution in [3.05, 3.63) is 52.3 Å². The van der Waals surface area contributed by atoms with Gasteiger partial charge in [0.25, 0.3) is 5.91 Å². The summed E-state index contributed by atoms with van der Waals surface area (Å²) in [6.45, 7) is 2.35. The third-order valence-electron chi connectivity index (χ3n) is 3.50. The Morgan fingerprint density at radius 2 is 2.00 bits per heavy atom. The van der Waals surface area contributed by atoms with Gasteiger partial charge >= 0.3 is 0 Å². The summed E-state index contributed by atoms with van der Waals surface area (Å²) in [7, 11) is 1.57. The van der Waals surface area contributed by atoms with Crippen molar-refractivity contribution < 1.29 is 14.3 Å². The van der Waals surface area contributed by atoms with Crippen molar-refractivity contribution in [2.24, 2.45) is 0 Å². The lowest BCUT2D eigenvalue weighted by Gasteiger charge is -2.10. The van der Waals surface area contributed by atoms with Gasteiger partial charge in [0.15, 0.2) is 18.1 Å². The first-order valence-electron chi connectivity index (χ1n) is 7.70. The normalized spacial score (nSPS) is 10.5. The number of carbonyl (C=O) groups is 1. The number of methoxy groups -OCH3 is 1. The van der Waals surface area contributed by atoms with Crippen LogP contribution in [0.4, 0.5) is 0 Å². The van der Waals surface area contributed by atoms with Crippen molar-refractivity contribution in [1.82, 2.24) is 10.3 Å². The number of nitrogens with zero attached hydrogens (tertiary/aromatic N) is 1. The maximum Gasteiger partial charge on any atom is 0.258 e. The minimum atomic E-state index is -0.184. The van der Waals surface area contributed by atoms with Crippen molar-refractivity contribution in [2.75, 3.05) is 13.7 Å². The number of thiophene rings is 1. The van der Waals surface area contributed by atoms with Gasteiger partial charge in [-0.25, -0.2) is 4.98 Å². The van der Waals surface area contributed by atoms with E-state index < -0.39 is 0 Å². The molecule has 1 N–H and O–H groups in total. The lowest BCUT2D eigenvalue weighted by Crippen LogP contribution is -2.28. The largest absolute Gasteiger partial charge is 0.493 e. The van der Waals surface area contributed by atoms with E-state index in [0.717, 1.165) is 20.5 Å². The molecule has 0 atom stereocenters. The maximum atomic E-state index is 12.0. The molecule has 0 saturated heterocycles. The molecule has 0 aliphatic heterocycles. The summed E-state index contributed by atoms with van der Waals surface area (Å²) in [5.41, 5.74) is 0.944. The van der Waals surface area contributed by atoms with Crippen molar-refractivity contribution >= 4 is 28.6 Å². The predicted octanol–water partition coefficient (Wildman–Crippen LogP) is 3.88. The lowest BCUT2D eigenvalue weighted by molar-refractivity contribution is -0.123. The zero-order valence-electron chi connectivity index (χ0n) is 13.9. The first-order chi connectivity index (χ1) is 12.2. The molecule has 130 valence electrons. The molecule has 2 heterocycles. The molecule has 0 saturated carbocycles. The summed E-state index contributed by atoms with van der Waals surface area (Å²) in [4.78, 5) is 18.8. The van der Waals surface area contributed by atoms with Crippen molar-refractivity contribution in [2.45, 2.75) is 13.5 Å². The highest BCUT2D eigenvalue weighted by Crippen LogP contribution is 2.31. The fraction of sp³-hybridized carbons (Fsp3) is 0.222. The summed E-state index contributed by atoms with van der Waals surface area (Å²) in [5, 5.41) is 5.89. The SMILES string of the molecule is COc1ccccc1OCC(=O)NCc1sc(-c2cccs2)nc1C. The van der Waals surface area contributed by atoms with E-state index in [2.05, 4.69) is 10.3 Å². The van der Waals surface area contributed by atoms with Crippen LogP contribution in [0.3, 0.4) is 0 Å². The zero-order valence-corrected chi connectivity index (χ0v) is 15.6. The van der Waals surface area contributed by atoms with E-state index in [9.17, 15) is 4.79 Å². The molecule has 0 fully saturated rings. The van der Waals surface area contributed by atoms with Gasteiger partial charge in [0.2, 0.25) is 0 Å². The quantitative estimate of drug-likeness (QED) is 0.682. The van der Waals surface area contributed by atoms with Crippen LogP contribution in [0.1, 0.15) is 10.6 Å². The predicted molar refractivity (Wildman–Crippen MR) is 100 cm³/mol. The average molecular weight is 374 g/mol. The number of nitrogens with one attached hydrogen (secondary N) is 1. The zero-order chi connectivity index (χ0) is 17.6. The molecule has 2 aromatic heterocycles. The molecule has 0 radical (unpaired) electrons. The van der Waals surface area contributed by atoms with Crippen LogP contribution in [0.25, 0.3) is 9.88 Å². The van der Waals surface area contributed by atoms with Gasteiger partial charge in [-0.1, -0.05) is 18.2 Å². The van der Waals surface area contributed by atoms with Gasteiger partial charge in [0.1, 0.15) is 5.01 Å². The molecule has 3 aromatic rings. The van der Waals surface area contributed by atoms with Gasteiger partial charge in [-0.2, -0.15) is 0 Å². The molecule has 1 aromatic carbocycles. The number of carbonyl (C=O) groups excluding carboxylic acids is 1. The number of thiazole rings is 1. The Kier molecular flexibility index (Phi) is 5.67. The summed E-state index contributed by atoms with van der Waals surface area (Å²) in [6, 6.07) is 11.3. The number of hydrogen-bond acceptors (Lipinski definition) is 6. The number of ether oxygens (including phenoxy) is 2. The Morgan fingerprint density at radius 3 is 2.72 bits per heavy atom. The van der Waals surface area contributed by atoms with Crippen LogP contribution in [0.15, 0.2) is 41.8 Å². The molecule has 1 amide bonds. The Bertz CT molecular complexity index is 844. The molecule has 0 spiro atoms. The Morgan fingerprint density at radius 1 is 1.20 bits per heavy atom. The van der Waals surface area contributed by atoms with E-state index in [4.69, 9.17) is 9.47 Å². The summed E-state index contributed by atoms with van der Waals surface area (Å²) < 4.78 is 10.7. The Labute approximate surface area is 154 Å². The minimum absolute atomic E-state index is 0.0595. The van der Waals surface area contributed by atoms with Crippen molar-refractivity contribution in [3.8, 4) is 21.4 Å². The lowest BCUT2D eigenvalue weighted by atomic mass is 10.3. The summed E-state index contributed by atoms with van der Waals surface area (Å²) in [6.07, 6.45) is 0. The highest BCUT2D eigenvalue weighted by Gasteiger charge is 2.12. The molecule has 3 rings (SSSR count). The van der Waals surface area contributed by atoms with Crippen LogP contribution in [-0.4, -0.2) is 24.6 Å². The minimum Gasteiger partial charge on any atom is -0.493 e. The van der Waals surface area contributed by atoms with Gasteiger partial charge in [-0.05, 0) is 30.5 Å². The molecule has 25 heavy (non-hydrogen) atoms. The second-order valence-corrected chi connectivity index (χ2v) is 7.25. The Hall–Kier alpha value is -2.38. The summed E-state index contributed by atoms with van der Waals surface area (Å²) >= 11 is 3.26. The van der Waals surface area contributed by atoms with Gasteiger partial charge in [-0.15, -0.1) is 22.7 Å². The fourth-order valence-electron chi connectivity index (χ4n) is 2.21. The number of amides is 1. The highest BCUT2D eigenvalue weighted by molar-refractivity contribution is 7.21. The van der Waals surface area contributed by atoms with Crippen LogP contribution in [0, 0.1) is 6.92 Å². The van der Waals surface area contributed by atoms with Crippen LogP contribution >= 0.6 is 22.7 Å². The molecule has 0 aliphatic carbocycles. The van der Waals surface area contributed by atoms with E-state index in [1.807, 2.05) is 36.6 Å². The third-order valence-corrected chi connectivity index (χ3v) is 5.70. The second-order valence-electron chi connectivity index (χ2n) is 5.22. The molecule has 0 aliphatic rings. The first kappa shape index (κ1) is 17.4. The van der Waals surface area contributed by atoms with Gasteiger partial charge in [-0.3, -0.25) is 4.79 Å². The molecular formula is C18H18N2O3S2. The van der Waals surface area contributed by atoms with Crippen LogP contribution in [0.2, 0.25) is 0 Å². The van der Waals surface area contributed by atoms with E-state index in [1.54, 1.807) is 41.9 Å². The number of aryl methyl sites for hydroxylation is 1. The van der Waals surface area contributed by atoms with E-state index >= 15 is 0 Å². The number of benzene rings is 1.